The lowest BCUT2D eigenvalue weighted by Crippen LogP contribution is -2.23. The van der Waals surface area contributed by atoms with E-state index in [1.54, 1.807) is 12.1 Å². The van der Waals surface area contributed by atoms with Crippen LogP contribution in [0.5, 0.6) is 5.75 Å². The Morgan fingerprint density at radius 2 is 2.17 bits per heavy atom. The monoisotopic (exact) mass is 252 g/mol. The molecule has 0 bridgehead atoms. The molecule has 0 radical (unpaired) electrons. The van der Waals surface area contributed by atoms with Crippen molar-refractivity contribution in [1.82, 2.24) is 0 Å². The molecule has 0 N–H and O–H groups in total. The molecule has 0 aliphatic heterocycles. The van der Waals surface area contributed by atoms with Crippen LogP contribution in [-0.4, -0.2) is 25.6 Å². The summed E-state index contributed by atoms with van der Waals surface area (Å²) in [5, 5.41) is 10.8. The number of hydrogen-bond acceptors (Lipinski definition) is 4. The third-order valence-corrected chi connectivity index (χ3v) is 3.08. The van der Waals surface area contributed by atoms with Crippen molar-refractivity contribution < 1.29 is 9.66 Å². The highest BCUT2D eigenvalue weighted by molar-refractivity contribution is 5.58. The maximum absolute atomic E-state index is 10.8. The van der Waals surface area contributed by atoms with Crippen molar-refractivity contribution in [3.63, 3.8) is 0 Å². The average molecular weight is 252 g/mol. The first-order valence-corrected chi connectivity index (χ1v) is 6.03. The summed E-state index contributed by atoms with van der Waals surface area (Å²) >= 11 is 0. The van der Waals surface area contributed by atoms with Gasteiger partial charge in [-0.15, -0.1) is 0 Å². The number of methoxy groups -OCH3 is 1. The summed E-state index contributed by atoms with van der Waals surface area (Å²) in [5.74, 6) is 0.879. The molecule has 0 aliphatic rings. The van der Waals surface area contributed by atoms with Gasteiger partial charge in [0.05, 0.1) is 12.0 Å². The predicted molar refractivity (Wildman–Crippen MR) is 72.4 cm³/mol. The summed E-state index contributed by atoms with van der Waals surface area (Å²) in [6.45, 7) is 5.24. The molecule has 0 saturated carbocycles. The number of anilines is 1. The number of benzene rings is 1. The Bertz CT molecular complexity index is 421. The molecular formula is C13H20N2O3. The highest BCUT2D eigenvalue weighted by Gasteiger charge is 2.16. The van der Waals surface area contributed by atoms with Crippen molar-refractivity contribution in [2.45, 2.75) is 20.3 Å². The normalized spacial score (nSPS) is 12.0. The Morgan fingerprint density at radius 3 is 2.67 bits per heavy atom. The predicted octanol–water partition coefficient (Wildman–Crippen LogP) is 3.09. The van der Waals surface area contributed by atoms with Crippen LogP contribution < -0.4 is 9.64 Å². The van der Waals surface area contributed by atoms with E-state index in [1.807, 2.05) is 7.05 Å². The number of rotatable bonds is 6. The Balaban J connectivity index is 2.94. The van der Waals surface area contributed by atoms with Gasteiger partial charge in [0.15, 0.2) is 5.75 Å². The van der Waals surface area contributed by atoms with Gasteiger partial charge in [-0.25, -0.2) is 0 Å². The van der Waals surface area contributed by atoms with Crippen LogP contribution in [0, 0.1) is 16.0 Å². The lowest BCUT2D eigenvalue weighted by atomic mass is 10.1. The Hall–Kier alpha value is -1.78. The zero-order valence-electron chi connectivity index (χ0n) is 11.3. The summed E-state index contributed by atoms with van der Waals surface area (Å²) in [6, 6.07) is 4.95. The molecule has 0 aromatic heterocycles. The average Bonchev–Trinajstić information content (AvgIpc) is 2.37. The van der Waals surface area contributed by atoms with Crippen LogP contribution in [0.15, 0.2) is 18.2 Å². The number of ether oxygens (including phenoxy) is 1. The molecule has 0 fully saturated rings. The quantitative estimate of drug-likeness (QED) is 0.576. The summed E-state index contributed by atoms with van der Waals surface area (Å²) in [4.78, 5) is 12.4. The molecule has 1 unspecified atom stereocenters. The van der Waals surface area contributed by atoms with Gasteiger partial charge in [0, 0.05) is 31.4 Å². The molecule has 5 nitrogen and oxygen atoms in total. The van der Waals surface area contributed by atoms with Crippen LogP contribution in [0.4, 0.5) is 11.4 Å². The summed E-state index contributed by atoms with van der Waals surface area (Å²) < 4.78 is 5.06. The fourth-order valence-corrected chi connectivity index (χ4v) is 1.76. The van der Waals surface area contributed by atoms with Gasteiger partial charge < -0.3 is 9.64 Å². The van der Waals surface area contributed by atoms with E-state index >= 15 is 0 Å². The van der Waals surface area contributed by atoms with E-state index < -0.39 is 4.92 Å². The number of nitrogens with zero attached hydrogens (tertiary/aromatic N) is 2. The van der Waals surface area contributed by atoms with Crippen LogP contribution >= 0.6 is 0 Å². The van der Waals surface area contributed by atoms with Crippen molar-refractivity contribution >= 4 is 11.4 Å². The molecule has 0 aliphatic carbocycles. The van der Waals surface area contributed by atoms with E-state index in [1.165, 1.54) is 13.2 Å². The van der Waals surface area contributed by atoms with Crippen molar-refractivity contribution in [3.8, 4) is 5.75 Å². The van der Waals surface area contributed by atoms with E-state index in [0.29, 0.717) is 11.7 Å². The first-order valence-electron chi connectivity index (χ1n) is 6.03. The minimum absolute atomic E-state index is 0.00168. The van der Waals surface area contributed by atoms with Gasteiger partial charge >= 0.3 is 5.69 Å². The molecular weight excluding hydrogens is 232 g/mol. The van der Waals surface area contributed by atoms with Gasteiger partial charge in [0.2, 0.25) is 0 Å². The highest BCUT2D eigenvalue weighted by Crippen LogP contribution is 2.31. The highest BCUT2D eigenvalue weighted by atomic mass is 16.6. The van der Waals surface area contributed by atoms with Crippen LogP contribution in [-0.2, 0) is 0 Å². The summed E-state index contributed by atoms with van der Waals surface area (Å²) in [7, 11) is 3.42. The van der Waals surface area contributed by atoms with Crippen LogP contribution in [0.25, 0.3) is 0 Å². The standard InChI is InChI=1S/C13H20N2O3/c1-5-10(2)9-14(3)11-6-7-12(15(16)17)13(8-11)18-4/h6-8,10H,5,9H2,1-4H3. The second-order valence-corrected chi connectivity index (χ2v) is 4.51. The smallest absolute Gasteiger partial charge is 0.311 e. The second kappa shape index (κ2) is 6.23. The largest absolute Gasteiger partial charge is 0.490 e. The molecule has 1 rings (SSSR count). The van der Waals surface area contributed by atoms with E-state index in [0.717, 1.165) is 18.7 Å². The summed E-state index contributed by atoms with van der Waals surface area (Å²) in [6.07, 6.45) is 1.11. The van der Waals surface area contributed by atoms with Crippen LogP contribution in [0.2, 0.25) is 0 Å². The zero-order chi connectivity index (χ0) is 13.7. The molecule has 0 spiro atoms. The Morgan fingerprint density at radius 1 is 1.50 bits per heavy atom. The fourth-order valence-electron chi connectivity index (χ4n) is 1.76. The van der Waals surface area contributed by atoms with Gasteiger partial charge in [-0.2, -0.15) is 0 Å². The van der Waals surface area contributed by atoms with Crippen molar-refractivity contribution in [2.24, 2.45) is 5.92 Å². The molecule has 0 heterocycles. The third-order valence-electron chi connectivity index (χ3n) is 3.08. The van der Waals surface area contributed by atoms with Gasteiger partial charge in [0.25, 0.3) is 0 Å². The molecule has 100 valence electrons. The van der Waals surface area contributed by atoms with E-state index in [4.69, 9.17) is 4.74 Å². The van der Waals surface area contributed by atoms with Crippen molar-refractivity contribution in [2.75, 3.05) is 25.6 Å². The van der Waals surface area contributed by atoms with Crippen LogP contribution in [0.3, 0.4) is 0 Å². The fraction of sp³-hybridized carbons (Fsp3) is 0.538. The van der Waals surface area contributed by atoms with Gasteiger partial charge in [-0.3, -0.25) is 10.1 Å². The SMILES string of the molecule is CCC(C)CN(C)c1ccc([N+](=O)[O-])c(OC)c1. The first kappa shape index (κ1) is 14.3. The zero-order valence-corrected chi connectivity index (χ0v) is 11.3. The lowest BCUT2D eigenvalue weighted by molar-refractivity contribution is -0.385. The molecule has 1 aromatic carbocycles. The van der Waals surface area contributed by atoms with Crippen LogP contribution in [0.1, 0.15) is 20.3 Å². The topological polar surface area (TPSA) is 55.6 Å². The van der Waals surface area contributed by atoms with E-state index in [2.05, 4.69) is 18.7 Å². The van der Waals surface area contributed by atoms with Crippen molar-refractivity contribution in [1.29, 1.82) is 0 Å². The Labute approximate surface area is 108 Å². The number of nitro benzene ring substituents is 1. The Kier molecular flexibility index (Phi) is 4.95. The van der Waals surface area contributed by atoms with Gasteiger partial charge in [-0.05, 0) is 12.0 Å². The van der Waals surface area contributed by atoms with E-state index in [9.17, 15) is 10.1 Å². The van der Waals surface area contributed by atoms with E-state index in [-0.39, 0.29) is 5.69 Å². The number of nitro groups is 1. The molecule has 1 aromatic rings. The first-order chi connectivity index (χ1) is 8.49. The third kappa shape index (κ3) is 3.35. The van der Waals surface area contributed by atoms with Gasteiger partial charge in [0.1, 0.15) is 0 Å². The molecule has 0 saturated heterocycles. The number of hydrogen-bond donors (Lipinski definition) is 0. The molecule has 18 heavy (non-hydrogen) atoms. The lowest BCUT2D eigenvalue weighted by Gasteiger charge is -2.23. The maximum atomic E-state index is 10.8. The van der Waals surface area contributed by atoms with Gasteiger partial charge in [-0.1, -0.05) is 20.3 Å². The summed E-state index contributed by atoms with van der Waals surface area (Å²) in [5.41, 5.74) is 0.927. The second-order valence-electron chi connectivity index (χ2n) is 4.51. The van der Waals surface area contributed by atoms with Crippen molar-refractivity contribution in [3.05, 3.63) is 28.3 Å². The maximum Gasteiger partial charge on any atom is 0.311 e. The molecule has 1 atom stereocenters. The molecule has 0 amide bonds. The minimum Gasteiger partial charge on any atom is -0.490 e. The molecule has 5 heteroatoms. The minimum atomic E-state index is -0.433.